The summed E-state index contributed by atoms with van der Waals surface area (Å²) in [4.78, 5) is 15.8. The van der Waals surface area contributed by atoms with Crippen LogP contribution in [0.15, 0.2) is 29.3 Å². The molecule has 1 aromatic rings. The molecule has 3 N–H and O–H groups in total. The summed E-state index contributed by atoms with van der Waals surface area (Å²) in [6.45, 7) is 11.4. The summed E-state index contributed by atoms with van der Waals surface area (Å²) >= 11 is 0. The number of guanidine groups is 1. The Morgan fingerprint density at radius 2 is 1.82 bits per heavy atom. The number of aliphatic imine (C=N–C) groups is 1. The number of alkyl carbamates (subject to hydrolysis) is 1. The molecular weight excluding hydrogens is 471 g/mol. The van der Waals surface area contributed by atoms with Crippen LogP contribution in [0, 0.1) is 0 Å². The minimum Gasteiger partial charge on any atom is -0.491 e. The van der Waals surface area contributed by atoms with Crippen molar-refractivity contribution in [1.82, 2.24) is 16.0 Å². The molecule has 0 unspecified atom stereocenters. The van der Waals surface area contributed by atoms with Crippen molar-refractivity contribution >= 4 is 36.0 Å². The van der Waals surface area contributed by atoms with Gasteiger partial charge in [-0.05, 0) is 58.7 Å². The highest BCUT2D eigenvalue weighted by Crippen LogP contribution is 2.14. The number of amides is 1. The summed E-state index contributed by atoms with van der Waals surface area (Å²) in [7, 11) is 1.73. The SMILES string of the molecule is CN=C(NCCCNC(=O)OC(C)(C)C)NCc1cccc(OC(C)C)c1.I. The van der Waals surface area contributed by atoms with Crippen molar-refractivity contribution in [3.63, 3.8) is 0 Å². The molecule has 1 rings (SSSR count). The zero-order valence-corrected chi connectivity index (χ0v) is 20.1. The first-order chi connectivity index (χ1) is 12.7. The van der Waals surface area contributed by atoms with Crippen molar-refractivity contribution in [1.29, 1.82) is 0 Å². The fraction of sp³-hybridized carbons (Fsp3) is 0.600. The van der Waals surface area contributed by atoms with Gasteiger partial charge < -0.3 is 25.4 Å². The summed E-state index contributed by atoms with van der Waals surface area (Å²) in [5.41, 5.74) is 0.633. The minimum absolute atomic E-state index is 0. The molecular formula is C20H35IN4O3. The van der Waals surface area contributed by atoms with E-state index < -0.39 is 11.7 Å². The van der Waals surface area contributed by atoms with Crippen LogP contribution < -0.4 is 20.7 Å². The second kappa shape index (κ2) is 13.5. The van der Waals surface area contributed by atoms with Gasteiger partial charge in [0.25, 0.3) is 0 Å². The van der Waals surface area contributed by atoms with E-state index in [0.29, 0.717) is 25.6 Å². The molecule has 0 aliphatic rings. The largest absolute Gasteiger partial charge is 0.491 e. The molecule has 0 fully saturated rings. The van der Waals surface area contributed by atoms with E-state index in [4.69, 9.17) is 9.47 Å². The Bertz CT molecular complexity index is 616. The Labute approximate surface area is 186 Å². The van der Waals surface area contributed by atoms with Crippen LogP contribution in [0.4, 0.5) is 4.79 Å². The molecule has 160 valence electrons. The van der Waals surface area contributed by atoms with E-state index >= 15 is 0 Å². The van der Waals surface area contributed by atoms with Gasteiger partial charge in [0.05, 0.1) is 6.10 Å². The topological polar surface area (TPSA) is 84.0 Å². The Balaban J connectivity index is 0.00000729. The summed E-state index contributed by atoms with van der Waals surface area (Å²) in [5, 5.41) is 9.23. The zero-order valence-electron chi connectivity index (χ0n) is 17.8. The number of carbonyl (C=O) groups excluding carboxylic acids is 1. The van der Waals surface area contributed by atoms with Crippen LogP contribution in [0.2, 0.25) is 0 Å². The van der Waals surface area contributed by atoms with Gasteiger partial charge in [0.1, 0.15) is 11.4 Å². The molecule has 0 radical (unpaired) electrons. The Hall–Kier alpha value is -1.71. The van der Waals surface area contributed by atoms with Crippen molar-refractivity contribution in [3.05, 3.63) is 29.8 Å². The number of nitrogens with one attached hydrogen (secondary N) is 3. The van der Waals surface area contributed by atoms with E-state index in [9.17, 15) is 4.79 Å². The van der Waals surface area contributed by atoms with Crippen molar-refractivity contribution in [2.75, 3.05) is 20.1 Å². The maximum Gasteiger partial charge on any atom is 0.407 e. The van der Waals surface area contributed by atoms with E-state index in [0.717, 1.165) is 17.7 Å². The third-order valence-corrected chi connectivity index (χ3v) is 3.27. The predicted molar refractivity (Wildman–Crippen MR) is 125 cm³/mol. The zero-order chi connectivity index (χ0) is 20.3. The quantitative estimate of drug-likeness (QED) is 0.217. The van der Waals surface area contributed by atoms with E-state index in [1.54, 1.807) is 7.05 Å². The number of hydrogen-bond donors (Lipinski definition) is 3. The third-order valence-electron chi connectivity index (χ3n) is 3.27. The molecule has 0 saturated heterocycles. The second-order valence-electron chi connectivity index (χ2n) is 7.45. The average molecular weight is 506 g/mol. The van der Waals surface area contributed by atoms with Gasteiger partial charge in [0.15, 0.2) is 5.96 Å². The van der Waals surface area contributed by atoms with Crippen LogP contribution in [0.5, 0.6) is 5.75 Å². The molecule has 0 atom stereocenters. The first-order valence-electron chi connectivity index (χ1n) is 9.36. The van der Waals surface area contributed by atoms with Crippen LogP contribution in [0.1, 0.15) is 46.6 Å². The average Bonchev–Trinajstić information content (AvgIpc) is 2.55. The Morgan fingerprint density at radius 1 is 1.14 bits per heavy atom. The molecule has 0 heterocycles. The summed E-state index contributed by atoms with van der Waals surface area (Å²) in [6.07, 6.45) is 0.517. The van der Waals surface area contributed by atoms with Crippen LogP contribution in [0.3, 0.4) is 0 Å². The van der Waals surface area contributed by atoms with Crippen molar-refractivity contribution in [3.8, 4) is 5.75 Å². The summed E-state index contributed by atoms with van der Waals surface area (Å²) in [5.74, 6) is 1.57. The lowest BCUT2D eigenvalue weighted by Crippen LogP contribution is -2.39. The summed E-state index contributed by atoms with van der Waals surface area (Å²) in [6, 6.07) is 7.99. The molecule has 28 heavy (non-hydrogen) atoms. The van der Waals surface area contributed by atoms with Crippen LogP contribution in [-0.2, 0) is 11.3 Å². The van der Waals surface area contributed by atoms with Crippen molar-refractivity contribution in [2.45, 2.75) is 59.3 Å². The fourth-order valence-electron chi connectivity index (χ4n) is 2.21. The molecule has 0 bridgehead atoms. The number of nitrogens with zero attached hydrogens (tertiary/aromatic N) is 1. The van der Waals surface area contributed by atoms with Gasteiger partial charge in [-0.2, -0.15) is 0 Å². The number of rotatable bonds is 8. The number of ether oxygens (including phenoxy) is 2. The van der Waals surface area contributed by atoms with Gasteiger partial charge in [-0.15, -0.1) is 24.0 Å². The molecule has 1 aromatic carbocycles. The fourth-order valence-corrected chi connectivity index (χ4v) is 2.21. The van der Waals surface area contributed by atoms with Gasteiger partial charge in [0, 0.05) is 26.7 Å². The van der Waals surface area contributed by atoms with Gasteiger partial charge in [0.2, 0.25) is 0 Å². The first-order valence-corrected chi connectivity index (χ1v) is 9.36. The second-order valence-corrected chi connectivity index (χ2v) is 7.45. The maximum absolute atomic E-state index is 11.6. The van der Waals surface area contributed by atoms with Gasteiger partial charge in [-0.3, -0.25) is 4.99 Å². The molecule has 0 aliphatic carbocycles. The lowest BCUT2D eigenvalue weighted by Gasteiger charge is -2.19. The van der Waals surface area contributed by atoms with Crippen LogP contribution in [0.25, 0.3) is 0 Å². The highest BCUT2D eigenvalue weighted by molar-refractivity contribution is 14.0. The normalized spacial score (nSPS) is 11.5. The molecule has 0 spiro atoms. The van der Waals surface area contributed by atoms with Crippen LogP contribution in [-0.4, -0.2) is 43.9 Å². The summed E-state index contributed by atoms with van der Waals surface area (Å²) < 4.78 is 10.9. The van der Waals surface area contributed by atoms with Gasteiger partial charge in [-0.25, -0.2) is 4.79 Å². The number of halogens is 1. The predicted octanol–water partition coefficient (Wildman–Crippen LogP) is 3.67. The van der Waals surface area contributed by atoms with Crippen LogP contribution >= 0.6 is 24.0 Å². The number of carbonyl (C=O) groups is 1. The van der Waals surface area contributed by atoms with E-state index in [2.05, 4.69) is 20.9 Å². The lowest BCUT2D eigenvalue weighted by molar-refractivity contribution is 0.0527. The highest BCUT2D eigenvalue weighted by atomic mass is 127. The molecule has 0 aliphatic heterocycles. The van der Waals surface area contributed by atoms with Crippen molar-refractivity contribution < 1.29 is 14.3 Å². The maximum atomic E-state index is 11.6. The highest BCUT2D eigenvalue weighted by Gasteiger charge is 2.15. The van der Waals surface area contributed by atoms with Crippen molar-refractivity contribution in [2.24, 2.45) is 4.99 Å². The monoisotopic (exact) mass is 506 g/mol. The van der Waals surface area contributed by atoms with Gasteiger partial charge in [-0.1, -0.05) is 12.1 Å². The molecule has 7 nitrogen and oxygen atoms in total. The number of hydrogen-bond acceptors (Lipinski definition) is 4. The standard InChI is InChI=1S/C20H34N4O3.HI/c1-15(2)26-17-10-7-9-16(13-17)14-24-18(21-6)22-11-8-12-23-19(25)27-20(3,4)5;/h7,9-10,13,15H,8,11-12,14H2,1-6H3,(H,23,25)(H2,21,22,24);1H. The molecule has 8 heteroatoms. The lowest BCUT2D eigenvalue weighted by atomic mass is 10.2. The third kappa shape index (κ3) is 12.6. The number of benzene rings is 1. The van der Waals surface area contributed by atoms with E-state index in [-0.39, 0.29) is 30.1 Å². The first kappa shape index (κ1) is 26.3. The smallest absolute Gasteiger partial charge is 0.407 e. The van der Waals surface area contributed by atoms with Gasteiger partial charge >= 0.3 is 6.09 Å². The Kier molecular flexibility index (Phi) is 12.6. The Morgan fingerprint density at radius 3 is 2.43 bits per heavy atom. The molecule has 0 saturated carbocycles. The van der Waals surface area contributed by atoms with E-state index in [1.165, 1.54) is 0 Å². The minimum atomic E-state index is -0.480. The van der Waals surface area contributed by atoms with E-state index in [1.807, 2.05) is 58.9 Å². The molecule has 0 aromatic heterocycles. The molecule has 1 amide bonds.